The van der Waals surface area contributed by atoms with Gasteiger partial charge in [-0.2, -0.15) is 0 Å². The van der Waals surface area contributed by atoms with Crippen LogP contribution in [0.3, 0.4) is 0 Å². The van der Waals surface area contributed by atoms with Gasteiger partial charge in [0, 0.05) is 6.10 Å². The van der Waals surface area contributed by atoms with Crippen LogP contribution in [0.15, 0.2) is 48.5 Å². The minimum absolute atomic E-state index is 0.303. The van der Waals surface area contributed by atoms with Gasteiger partial charge in [0.25, 0.3) is 0 Å². The number of hydrogen-bond donors (Lipinski definition) is 1. The predicted molar refractivity (Wildman–Crippen MR) is 95.8 cm³/mol. The van der Waals surface area contributed by atoms with Crippen LogP contribution >= 0.6 is 0 Å². The quantitative estimate of drug-likeness (QED) is 0.740. The first-order valence-corrected chi connectivity index (χ1v) is 11.3. The molecule has 0 spiro atoms. The topological polar surface area (TPSA) is 29.5 Å². The zero-order valence-corrected chi connectivity index (χ0v) is 15.0. The fourth-order valence-corrected chi connectivity index (χ4v) is 3.88. The maximum atomic E-state index is 9.34. The van der Waals surface area contributed by atoms with Crippen LogP contribution in [0.5, 0.6) is 5.75 Å². The summed E-state index contributed by atoms with van der Waals surface area (Å²) in [6.07, 6.45) is 2.42. The molecule has 3 heteroatoms. The van der Waals surface area contributed by atoms with E-state index in [4.69, 9.17) is 4.43 Å². The number of rotatable bonds is 6. The molecule has 0 saturated carbocycles. The molecule has 1 unspecified atom stereocenters. The average molecular weight is 315 g/mol. The minimum atomic E-state index is -1.44. The van der Waals surface area contributed by atoms with Crippen molar-refractivity contribution in [1.82, 2.24) is 0 Å². The fourth-order valence-electron chi connectivity index (χ4n) is 2.55. The summed E-state index contributed by atoms with van der Waals surface area (Å²) in [6, 6.07) is 16.0. The molecule has 2 aromatic carbocycles. The molecule has 0 aliphatic carbocycles. The van der Waals surface area contributed by atoms with Crippen molar-refractivity contribution in [2.24, 2.45) is 0 Å². The van der Waals surface area contributed by atoms with Gasteiger partial charge < -0.3 is 9.53 Å². The smallest absolute Gasteiger partial charge is 0.184 e. The number of aromatic hydroxyl groups is 1. The largest absolute Gasteiger partial charge is 0.508 e. The van der Waals surface area contributed by atoms with E-state index in [9.17, 15) is 5.11 Å². The molecule has 2 nitrogen and oxygen atoms in total. The Morgan fingerprint density at radius 1 is 0.909 bits per heavy atom. The van der Waals surface area contributed by atoms with Gasteiger partial charge in [-0.3, -0.25) is 0 Å². The second kappa shape index (κ2) is 7.12. The van der Waals surface area contributed by atoms with Crippen molar-refractivity contribution >= 4 is 8.32 Å². The first-order valence-electron chi connectivity index (χ1n) is 7.90. The maximum absolute atomic E-state index is 9.34. The van der Waals surface area contributed by atoms with Gasteiger partial charge in [0.1, 0.15) is 5.75 Å². The molecule has 0 bridgehead atoms. The van der Waals surface area contributed by atoms with Crippen molar-refractivity contribution in [1.29, 1.82) is 0 Å². The third-order valence-corrected chi connectivity index (χ3v) is 4.66. The normalized spacial score (nSPS) is 13.1. The van der Waals surface area contributed by atoms with Gasteiger partial charge in [-0.25, -0.2) is 0 Å². The SMILES string of the molecule is CC(CCc1ccc(-c2ccc(O)cc2)cc1)O[Si](C)(C)C. The summed E-state index contributed by atoms with van der Waals surface area (Å²) < 4.78 is 6.08. The molecule has 0 amide bonds. The van der Waals surface area contributed by atoms with Gasteiger partial charge >= 0.3 is 0 Å². The second-order valence-corrected chi connectivity index (χ2v) is 11.3. The van der Waals surface area contributed by atoms with Crippen LogP contribution in [0.1, 0.15) is 18.9 Å². The fraction of sp³-hybridized carbons (Fsp3) is 0.368. The molecule has 1 atom stereocenters. The molecule has 0 fully saturated rings. The summed E-state index contributed by atoms with van der Waals surface area (Å²) in [4.78, 5) is 0. The van der Waals surface area contributed by atoms with Gasteiger partial charge in [0.15, 0.2) is 8.32 Å². The molecule has 0 aromatic heterocycles. The van der Waals surface area contributed by atoms with Crippen LogP contribution < -0.4 is 0 Å². The maximum Gasteiger partial charge on any atom is 0.184 e. The van der Waals surface area contributed by atoms with E-state index in [0.717, 1.165) is 18.4 Å². The van der Waals surface area contributed by atoms with Gasteiger partial charge in [0.2, 0.25) is 0 Å². The minimum Gasteiger partial charge on any atom is -0.508 e. The first-order chi connectivity index (χ1) is 10.3. The van der Waals surface area contributed by atoms with Gasteiger partial charge in [0.05, 0.1) is 0 Å². The van der Waals surface area contributed by atoms with Gasteiger partial charge in [-0.15, -0.1) is 0 Å². The Kier molecular flexibility index (Phi) is 5.43. The van der Waals surface area contributed by atoms with E-state index >= 15 is 0 Å². The van der Waals surface area contributed by atoms with Crippen molar-refractivity contribution in [3.05, 3.63) is 54.1 Å². The number of phenols is 1. The number of benzene rings is 2. The second-order valence-electron chi connectivity index (χ2n) is 6.82. The third kappa shape index (κ3) is 5.32. The summed E-state index contributed by atoms with van der Waals surface area (Å²) in [6.45, 7) is 8.87. The lowest BCUT2D eigenvalue weighted by molar-refractivity contribution is 0.204. The van der Waals surface area contributed by atoms with E-state index in [2.05, 4.69) is 50.8 Å². The summed E-state index contributed by atoms with van der Waals surface area (Å²) in [5.74, 6) is 0.303. The Morgan fingerprint density at radius 2 is 1.41 bits per heavy atom. The molecule has 2 rings (SSSR count). The monoisotopic (exact) mass is 314 g/mol. The molecule has 0 radical (unpaired) electrons. The van der Waals surface area contributed by atoms with E-state index in [1.165, 1.54) is 11.1 Å². The zero-order chi connectivity index (χ0) is 16.2. The molecule has 0 saturated heterocycles. The van der Waals surface area contributed by atoms with E-state index in [-0.39, 0.29) is 0 Å². The average Bonchev–Trinajstić information content (AvgIpc) is 2.45. The highest BCUT2D eigenvalue weighted by Crippen LogP contribution is 2.23. The van der Waals surface area contributed by atoms with Crippen LogP contribution in [0, 0.1) is 0 Å². The van der Waals surface area contributed by atoms with Crippen molar-refractivity contribution in [3.63, 3.8) is 0 Å². The molecule has 0 aliphatic heterocycles. The Morgan fingerprint density at radius 3 is 1.91 bits per heavy atom. The molecule has 0 aliphatic rings. The zero-order valence-electron chi connectivity index (χ0n) is 14.0. The Bertz CT molecular complexity index is 582. The number of phenolic OH excluding ortho intramolecular Hbond substituents is 1. The standard InChI is InChI=1S/C19H26O2Si/c1-15(21-22(2,3)4)5-6-16-7-9-17(10-8-16)18-11-13-19(20)14-12-18/h7-15,20H,5-6H2,1-4H3. The van der Waals surface area contributed by atoms with Crippen LogP contribution in [0.25, 0.3) is 11.1 Å². The van der Waals surface area contributed by atoms with Crippen molar-refractivity contribution in [2.45, 2.75) is 45.5 Å². The summed E-state index contributed by atoms with van der Waals surface area (Å²) in [5.41, 5.74) is 3.64. The summed E-state index contributed by atoms with van der Waals surface area (Å²) in [5, 5.41) is 9.34. The predicted octanol–water partition coefficient (Wildman–Crippen LogP) is 5.23. The molecule has 2 aromatic rings. The highest BCUT2D eigenvalue weighted by atomic mass is 28.4. The van der Waals surface area contributed by atoms with Gasteiger partial charge in [-0.05, 0) is 68.2 Å². The van der Waals surface area contributed by atoms with E-state index in [1.807, 2.05) is 12.1 Å². The summed E-state index contributed by atoms with van der Waals surface area (Å²) >= 11 is 0. The highest BCUT2D eigenvalue weighted by molar-refractivity contribution is 6.69. The Labute approximate surface area is 134 Å². The van der Waals surface area contributed by atoms with Crippen molar-refractivity contribution in [2.75, 3.05) is 0 Å². The number of hydrogen-bond acceptors (Lipinski definition) is 2. The first kappa shape index (κ1) is 16.8. The number of aryl methyl sites for hydroxylation is 1. The van der Waals surface area contributed by atoms with Crippen LogP contribution in [-0.4, -0.2) is 19.5 Å². The van der Waals surface area contributed by atoms with Crippen molar-refractivity contribution in [3.8, 4) is 16.9 Å². The molecule has 0 heterocycles. The van der Waals surface area contributed by atoms with E-state index in [1.54, 1.807) is 12.1 Å². The third-order valence-electron chi connectivity index (χ3n) is 3.55. The lowest BCUT2D eigenvalue weighted by atomic mass is 10.0. The van der Waals surface area contributed by atoms with E-state index in [0.29, 0.717) is 11.9 Å². The Hall–Kier alpha value is -1.58. The van der Waals surface area contributed by atoms with Crippen LogP contribution in [0.2, 0.25) is 19.6 Å². The molecular formula is C19H26O2Si. The van der Waals surface area contributed by atoms with E-state index < -0.39 is 8.32 Å². The lowest BCUT2D eigenvalue weighted by Crippen LogP contribution is -2.30. The highest BCUT2D eigenvalue weighted by Gasteiger charge is 2.17. The molecule has 22 heavy (non-hydrogen) atoms. The van der Waals surface area contributed by atoms with Gasteiger partial charge in [-0.1, -0.05) is 36.4 Å². The molecule has 1 N–H and O–H groups in total. The summed E-state index contributed by atoms with van der Waals surface area (Å²) in [7, 11) is -1.44. The van der Waals surface area contributed by atoms with Crippen molar-refractivity contribution < 1.29 is 9.53 Å². The van der Waals surface area contributed by atoms with Crippen LogP contribution in [0.4, 0.5) is 0 Å². The van der Waals surface area contributed by atoms with Crippen LogP contribution in [-0.2, 0) is 10.8 Å². The molecule has 118 valence electrons. The lowest BCUT2D eigenvalue weighted by Gasteiger charge is -2.23. The molecular weight excluding hydrogens is 288 g/mol. The Balaban J connectivity index is 1.93.